The van der Waals surface area contributed by atoms with E-state index in [1.807, 2.05) is 24.3 Å². The summed E-state index contributed by atoms with van der Waals surface area (Å²) >= 11 is 6.01. The Morgan fingerprint density at radius 2 is 1.78 bits per heavy atom. The average molecular weight is 392 g/mol. The van der Waals surface area contributed by atoms with Gasteiger partial charge in [0.2, 0.25) is 5.91 Å². The zero-order valence-electron chi connectivity index (χ0n) is 15.1. The minimum Gasteiger partial charge on any atom is -0.492 e. The summed E-state index contributed by atoms with van der Waals surface area (Å²) in [6.07, 6.45) is 0.969. The molecule has 0 fully saturated rings. The van der Waals surface area contributed by atoms with Crippen molar-refractivity contribution in [3.05, 3.63) is 59.1 Å². The van der Waals surface area contributed by atoms with Crippen LogP contribution in [-0.2, 0) is 16.1 Å². The van der Waals surface area contributed by atoms with Crippen molar-refractivity contribution in [3.8, 4) is 11.5 Å². The van der Waals surface area contributed by atoms with Crippen LogP contribution in [-0.4, -0.2) is 42.1 Å². The highest BCUT2D eigenvalue weighted by Crippen LogP contribution is 2.23. The van der Waals surface area contributed by atoms with Crippen LogP contribution in [0.1, 0.15) is 18.4 Å². The fourth-order valence-electron chi connectivity index (χ4n) is 2.36. The Labute approximate surface area is 163 Å². The number of hydrogen-bond donors (Lipinski definition) is 1. The zero-order chi connectivity index (χ0) is 19.6. The van der Waals surface area contributed by atoms with Crippen LogP contribution in [0.15, 0.2) is 48.5 Å². The molecule has 0 aliphatic rings. The lowest BCUT2D eigenvalue weighted by Crippen LogP contribution is -2.26. The molecule has 7 heteroatoms. The number of rotatable bonds is 10. The van der Waals surface area contributed by atoms with Crippen molar-refractivity contribution in [1.82, 2.24) is 4.90 Å². The lowest BCUT2D eigenvalue weighted by atomic mass is 10.2. The average Bonchev–Trinajstić information content (AvgIpc) is 2.65. The number of carboxylic acids is 1. The molecule has 1 amide bonds. The standard InChI is InChI=1S/C20H22ClNO5/c1-22(13-15-8-10-16(11-9-15)27-14-20(24)25)19(23)7-4-12-26-18-6-3-2-5-17(18)21/h2-3,5-6,8-11H,4,7,12-14H2,1H3,(H,24,25). The van der Waals surface area contributed by atoms with Crippen molar-refractivity contribution in [2.24, 2.45) is 0 Å². The number of hydrogen-bond acceptors (Lipinski definition) is 4. The molecule has 144 valence electrons. The third kappa shape index (κ3) is 7.19. The monoisotopic (exact) mass is 391 g/mol. The molecule has 2 aromatic carbocycles. The molecule has 0 bridgehead atoms. The Bertz CT molecular complexity index is 763. The number of ether oxygens (including phenoxy) is 2. The summed E-state index contributed by atoms with van der Waals surface area (Å²) in [6.45, 7) is 0.496. The number of nitrogens with zero attached hydrogens (tertiary/aromatic N) is 1. The second kappa shape index (κ2) is 10.4. The van der Waals surface area contributed by atoms with Gasteiger partial charge in [-0.1, -0.05) is 35.9 Å². The van der Waals surface area contributed by atoms with Gasteiger partial charge >= 0.3 is 5.97 Å². The molecule has 0 aromatic heterocycles. The number of amides is 1. The van der Waals surface area contributed by atoms with E-state index in [1.54, 1.807) is 36.2 Å². The van der Waals surface area contributed by atoms with Gasteiger partial charge in [-0.2, -0.15) is 0 Å². The van der Waals surface area contributed by atoms with Crippen molar-refractivity contribution in [1.29, 1.82) is 0 Å². The first-order chi connectivity index (χ1) is 13.0. The second-order valence-corrected chi connectivity index (χ2v) is 6.37. The number of carbonyl (C=O) groups is 2. The molecule has 1 N–H and O–H groups in total. The maximum atomic E-state index is 12.2. The maximum Gasteiger partial charge on any atom is 0.341 e. The fraction of sp³-hybridized carbons (Fsp3) is 0.300. The molecule has 6 nitrogen and oxygen atoms in total. The number of halogens is 1. The topological polar surface area (TPSA) is 76.1 Å². The van der Waals surface area contributed by atoms with Gasteiger partial charge in [0.05, 0.1) is 11.6 Å². The van der Waals surface area contributed by atoms with E-state index in [4.69, 9.17) is 26.2 Å². The second-order valence-electron chi connectivity index (χ2n) is 5.96. The summed E-state index contributed by atoms with van der Waals surface area (Å²) in [6, 6.07) is 14.2. The van der Waals surface area contributed by atoms with Crippen LogP contribution in [0.3, 0.4) is 0 Å². The van der Waals surface area contributed by atoms with Crippen molar-refractivity contribution in [3.63, 3.8) is 0 Å². The summed E-state index contributed by atoms with van der Waals surface area (Å²) in [4.78, 5) is 24.3. The molecule has 27 heavy (non-hydrogen) atoms. The molecule has 0 atom stereocenters. The summed E-state index contributed by atoms with van der Waals surface area (Å²) in [5.41, 5.74) is 0.931. The minimum absolute atomic E-state index is 0.0176. The molecular formula is C20H22ClNO5. The van der Waals surface area contributed by atoms with Gasteiger partial charge in [-0.25, -0.2) is 4.79 Å². The Hall–Kier alpha value is -2.73. The number of aliphatic carboxylic acids is 1. The van der Waals surface area contributed by atoms with Crippen LogP contribution < -0.4 is 9.47 Å². The van der Waals surface area contributed by atoms with E-state index >= 15 is 0 Å². The van der Waals surface area contributed by atoms with E-state index < -0.39 is 5.97 Å². The zero-order valence-corrected chi connectivity index (χ0v) is 15.8. The third-order valence-electron chi connectivity index (χ3n) is 3.76. The van der Waals surface area contributed by atoms with Crippen LogP contribution >= 0.6 is 11.6 Å². The van der Waals surface area contributed by atoms with Gasteiger partial charge in [-0.05, 0) is 36.2 Å². The quantitative estimate of drug-likeness (QED) is 0.626. The number of para-hydroxylation sites is 1. The van der Waals surface area contributed by atoms with Crippen molar-refractivity contribution >= 4 is 23.5 Å². The highest BCUT2D eigenvalue weighted by atomic mass is 35.5. The molecule has 0 aliphatic carbocycles. The lowest BCUT2D eigenvalue weighted by Gasteiger charge is -2.17. The van der Waals surface area contributed by atoms with E-state index in [0.717, 1.165) is 5.56 Å². The number of carboxylic acid groups (broad SMARTS) is 1. The fourth-order valence-corrected chi connectivity index (χ4v) is 2.55. The largest absolute Gasteiger partial charge is 0.492 e. The van der Waals surface area contributed by atoms with Gasteiger partial charge in [0.25, 0.3) is 0 Å². The van der Waals surface area contributed by atoms with Crippen molar-refractivity contribution < 1.29 is 24.2 Å². The Morgan fingerprint density at radius 3 is 2.44 bits per heavy atom. The van der Waals surface area contributed by atoms with Crippen LogP contribution in [0.4, 0.5) is 0 Å². The molecule has 0 spiro atoms. The van der Waals surface area contributed by atoms with Crippen LogP contribution in [0, 0.1) is 0 Å². The molecule has 0 saturated carbocycles. The van der Waals surface area contributed by atoms with Crippen molar-refractivity contribution in [2.45, 2.75) is 19.4 Å². The predicted octanol–water partition coefficient (Wildman–Crippen LogP) is 3.62. The highest BCUT2D eigenvalue weighted by Gasteiger charge is 2.10. The molecule has 0 unspecified atom stereocenters. The molecular weight excluding hydrogens is 370 g/mol. The summed E-state index contributed by atoms with van der Waals surface area (Å²) in [5, 5.41) is 9.14. The Kier molecular flexibility index (Phi) is 7.95. The number of carbonyl (C=O) groups excluding carboxylic acids is 1. The van der Waals surface area contributed by atoms with Gasteiger partial charge in [-0.15, -0.1) is 0 Å². The lowest BCUT2D eigenvalue weighted by molar-refractivity contribution is -0.139. The molecule has 2 aromatic rings. The molecule has 0 radical (unpaired) electrons. The SMILES string of the molecule is CN(Cc1ccc(OCC(=O)O)cc1)C(=O)CCCOc1ccccc1Cl. The van der Waals surface area contributed by atoms with E-state index in [-0.39, 0.29) is 12.5 Å². The molecule has 0 aliphatic heterocycles. The van der Waals surface area contributed by atoms with Crippen LogP contribution in [0.2, 0.25) is 5.02 Å². The first-order valence-corrected chi connectivity index (χ1v) is 8.88. The van der Waals surface area contributed by atoms with Gasteiger partial charge < -0.3 is 19.5 Å². The molecule has 0 saturated heterocycles. The summed E-state index contributed by atoms with van der Waals surface area (Å²) < 4.78 is 10.7. The summed E-state index contributed by atoms with van der Waals surface area (Å²) in [7, 11) is 1.74. The van der Waals surface area contributed by atoms with Gasteiger partial charge in [0, 0.05) is 20.0 Å². The van der Waals surface area contributed by atoms with Crippen LogP contribution in [0.25, 0.3) is 0 Å². The minimum atomic E-state index is -1.03. The normalized spacial score (nSPS) is 10.3. The maximum absolute atomic E-state index is 12.2. The Balaban J connectivity index is 1.71. The van der Waals surface area contributed by atoms with Gasteiger partial charge in [0.15, 0.2) is 6.61 Å². The predicted molar refractivity (Wildman–Crippen MR) is 102 cm³/mol. The number of benzene rings is 2. The van der Waals surface area contributed by atoms with Crippen LogP contribution in [0.5, 0.6) is 11.5 Å². The smallest absolute Gasteiger partial charge is 0.341 e. The van der Waals surface area contributed by atoms with Crippen molar-refractivity contribution in [2.75, 3.05) is 20.3 Å². The molecule has 0 heterocycles. The Morgan fingerprint density at radius 1 is 1.07 bits per heavy atom. The van der Waals surface area contributed by atoms with Gasteiger partial charge in [-0.3, -0.25) is 4.79 Å². The molecule has 2 rings (SSSR count). The van der Waals surface area contributed by atoms with E-state index in [2.05, 4.69) is 0 Å². The van der Waals surface area contributed by atoms with E-state index in [9.17, 15) is 9.59 Å². The highest BCUT2D eigenvalue weighted by molar-refractivity contribution is 6.32. The summed E-state index contributed by atoms with van der Waals surface area (Å²) in [5.74, 6) is 0.0870. The third-order valence-corrected chi connectivity index (χ3v) is 4.07. The van der Waals surface area contributed by atoms with Gasteiger partial charge in [0.1, 0.15) is 11.5 Å². The van der Waals surface area contributed by atoms with E-state index in [1.165, 1.54) is 0 Å². The first-order valence-electron chi connectivity index (χ1n) is 8.50. The van der Waals surface area contributed by atoms with E-state index in [0.29, 0.717) is 42.5 Å². The first kappa shape index (κ1) is 20.6.